The molecule has 0 radical (unpaired) electrons. The average Bonchev–Trinajstić information content (AvgIpc) is 2.98. The molecule has 1 saturated heterocycles. The van der Waals surface area contributed by atoms with E-state index >= 15 is 4.39 Å². The summed E-state index contributed by atoms with van der Waals surface area (Å²) in [6, 6.07) is 11.7. The van der Waals surface area contributed by atoms with Crippen LogP contribution in [0.3, 0.4) is 0 Å². The molecule has 0 spiro atoms. The molecule has 6 rings (SSSR count). The van der Waals surface area contributed by atoms with Crippen LogP contribution >= 0.6 is 11.6 Å². The number of hydrogen-bond acceptors (Lipinski definition) is 6. The SMILES string of the molecule is CC[C@@H]1CN2c3ncnc4c(F)c(-c5cccc6cccc(Cl)c56)nc(c34)OC[C@@H]2CN1. The number of halogens is 2. The lowest BCUT2D eigenvalue weighted by molar-refractivity contribution is 0.252. The van der Waals surface area contributed by atoms with Gasteiger partial charge in [0.1, 0.15) is 35.3 Å². The van der Waals surface area contributed by atoms with Crippen LogP contribution in [0.15, 0.2) is 42.7 Å². The number of nitrogens with zero attached hydrogens (tertiary/aromatic N) is 4. The summed E-state index contributed by atoms with van der Waals surface area (Å²) < 4.78 is 22.1. The fourth-order valence-electron chi connectivity index (χ4n) is 4.77. The standard InChI is InChI=1S/C24H21ClFN5O/c1-2-14-10-31-15(9-27-14)11-32-24-19-22(28-12-29-23(19)31)20(26)21(30-24)16-7-3-5-13-6-4-8-17(25)18(13)16/h3-8,12,14-15,27H,2,9-11H2,1H3/t14-,15+/m1/s1. The predicted molar refractivity (Wildman–Crippen MR) is 124 cm³/mol. The third-order valence-electron chi connectivity index (χ3n) is 6.46. The van der Waals surface area contributed by atoms with Crippen LogP contribution in [0.2, 0.25) is 5.02 Å². The number of anilines is 1. The molecule has 0 saturated carbocycles. The van der Waals surface area contributed by atoms with Gasteiger partial charge in [0, 0.05) is 35.1 Å². The molecule has 2 aromatic heterocycles. The molecule has 2 atom stereocenters. The first-order chi connectivity index (χ1) is 15.7. The number of benzene rings is 2. The third-order valence-corrected chi connectivity index (χ3v) is 6.77. The molecule has 0 bridgehead atoms. The molecule has 2 aromatic carbocycles. The molecular weight excluding hydrogens is 429 g/mol. The Labute approximate surface area is 189 Å². The number of fused-ring (bicyclic) bond motifs is 3. The van der Waals surface area contributed by atoms with Gasteiger partial charge >= 0.3 is 0 Å². The third kappa shape index (κ3) is 2.92. The fraction of sp³-hybridized carbons (Fsp3) is 0.292. The second kappa shape index (κ2) is 7.53. The first-order valence-corrected chi connectivity index (χ1v) is 11.2. The van der Waals surface area contributed by atoms with Crippen LogP contribution in [-0.2, 0) is 0 Å². The van der Waals surface area contributed by atoms with E-state index in [1.807, 2.05) is 30.3 Å². The Bertz CT molecular complexity index is 1360. The number of pyridine rings is 1. The maximum Gasteiger partial charge on any atom is 0.227 e. The van der Waals surface area contributed by atoms with Gasteiger partial charge in [-0.15, -0.1) is 0 Å². The molecule has 0 unspecified atom stereocenters. The van der Waals surface area contributed by atoms with Crippen molar-refractivity contribution in [3.8, 4) is 17.1 Å². The zero-order valence-corrected chi connectivity index (χ0v) is 18.2. The molecule has 1 fully saturated rings. The van der Waals surface area contributed by atoms with Crippen LogP contribution in [0.25, 0.3) is 32.9 Å². The molecule has 2 aliphatic rings. The summed E-state index contributed by atoms with van der Waals surface area (Å²) in [5.74, 6) is 0.545. The molecular formula is C24H21ClFN5O. The molecule has 8 heteroatoms. The summed E-state index contributed by atoms with van der Waals surface area (Å²) in [5.41, 5.74) is 1.01. The van der Waals surface area contributed by atoms with Gasteiger partial charge in [-0.05, 0) is 17.9 Å². The van der Waals surface area contributed by atoms with Crippen molar-refractivity contribution < 1.29 is 9.13 Å². The molecule has 6 nitrogen and oxygen atoms in total. The van der Waals surface area contributed by atoms with Gasteiger partial charge in [-0.3, -0.25) is 0 Å². The van der Waals surface area contributed by atoms with E-state index in [0.29, 0.717) is 40.3 Å². The Morgan fingerprint density at radius 1 is 1.19 bits per heavy atom. The largest absolute Gasteiger partial charge is 0.475 e. The van der Waals surface area contributed by atoms with Gasteiger partial charge < -0.3 is 15.0 Å². The maximum atomic E-state index is 16.0. The predicted octanol–water partition coefficient (Wildman–Crippen LogP) is 4.59. The summed E-state index contributed by atoms with van der Waals surface area (Å²) in [5, 5.41) is 6.30. The van der Waals surface area contributed by atoms with Gasteiger partial charge in [-0.2, -0.15) is 0 Å². The minimum Gasteiger partial charge on any atom is -0.475 e. The number of piperazine rings is 1. The second-order valence-corrected chi connectivity index (χ2v) is 8.68. The van der Waals surface area contributed by atoms with Crippen LogP contribution < -0.4 is 15.0 Å². The van der Waals surface area contributed by atoms with Gasteiger partial charge in [-0.25, -0.2) is 19.3 Å². The number of nitrogens with one attached hydrogen (secondary N) is 1. The number of hydrogen-bond donors (Lipinski definition) is 1. The molecule has 32 heavy (non-hydrogen) atoms. The monoisotopic (exact) mass is 449 g/mol. The van der Waals surface area contributed by atoms with Gasteiger partial charge in [0.2, 0.25) is 5.88 Å². The smallest absolute Gasteiger partial charge is 0.227 e. The molecule has 2 aliphatic heterocycles. The van der Waals surface area contributed by atoms with E-state index in [0.717, 1.165) is 30.3 Å². The highest BCUT2D eigenvalue weighted by Crippen LogP contribution is 2.41. The highest BCUT2D eigenvalue weighted by molar-refractivity contribution is 6.36. The zero-order chi connectivity index (χ0) is 21.8. The first kappa shape index (κ1) is 19.6. The lowest BCUT2D eigenvalue weighted by Crippen LogP contribution is -2.58. The Morgan fingerprint density at radius 3 is 2.88 bits per heavy atom. The number of rotatable bonds is 2. The van der Waals surface area contributed by atoms with E-state index in [1.165, 1.54) is 6.33 Å². The van der Waals surface area contributed by atoms with E-state index in [1.54, 1.807) is 6.07 Å². The van der Waals surface area contributed by atoms with Gasteiger partial charge in [0.05, 0.1) is 6.04 Å². The number of aromatic nitrogens is 3. The Hall–Kier alpha value is -3.03. The summed E-state index contributed by atoms with van der Waals surface area (Å²) >= 11 is 6.51. The summed E-state index contributed by atoms with van der Waals surface area (Å²) in [7, 11) is 0. The molecule has 0 amide bonds. The van der Waals surface area contributed by atoms with Gasteiger partial charge in [-0.1, -0.05) is 48.9 Å². The summed E-state index contributed by atoms with van der Waals surface area (Å²) in [4.78, 5) is 15.7. The molecule has 4 aromatic rings. The minimum atomic E-state index is -0.496. The molecule has 0 aliphatic carbocycles. The number of ether oxygens (including phenoxy) is 1. The molecule has 162 valence electrons. The molecule has 1 N–H and O–H groups in total. The van der Waals surface area contributed by atoms with E-state index in [2.05, 4.69) is 32.1 Å². The van der Waals surface area contributed by atoms with Crippen LogP contribution in [-0.4, -0.2) is 46.7 Å². The zero-order valence-electron chi connectivity index (χ0n) is 17.5. The van der Waals surface area contributed by atoms with Crippen LogP contribution in [0.1, 0.15) is 13.3 Å². The van der Waals surface area contributed by atoms with Crippen molar-refractivity contribution in [1.82, 2.24) is 20.3 Å². The first-order valence-electron chi connectivity index (χ1n) is 10.8. The summed E-state index contributed by atoms with van der Waals surface area (Å²) in [6.07, 6.45) is 2.42. The highest BCUT2D eigenvalue weighted by atomic mass is 35.5. The maximum absolute atomic E-state index is 16.0. The lowest BCUT2D eigenvalue weighted by atomic mass is 10.0. The van der Waals surface area contributed by atoms with E-state index in [4.69, 9.17) is 16.3 Å². The van der Waals surface area contributed by atoms with Crippen molar-refractivity contribution in [2.45, 2.75) is 25.4 Å². The van der Waals surface area contributed by atoms with Crippen molar-refractivity contribution >= 4 is 39.1 Å². The fourth-order valence-corrected chi connectivity index (χ4v) is 5.06. The summed E-state index contributed by atoms with van der Waals surface area (Å²) in [6.45, 7) is 4.13. The van der Waals surface area contributed by atoms with Crippen LogP contribution in [0.5, 0.6) is 5.88 Å². The second-order valence-electron chi connectivity index (χ2n) is 8.27. The Morgan fingerprint density at radius 2 is 2.03 bits per heavy atom. The quantitative estimate of drug-likeness (QED) is 0.483. The van der Waals surface area contributed by atoms with Crippen molar-refractivity contribution in [2.75, 3.05) is 24.6 Å². The van der Waals surface area contributed by atoms with Gasteiger partial charge in [0.15, 0.2) is 5.82 Å². The van der Waals surface area contributed by atoms with Crippen molar-refractivity contribution in [3.05, 3.63) is 53.6 Å². The topological polar surface area (TPSA) is 63.2 Å². The van der Waals surface area contributed by atoms with Crippen molar-refractivity contribution in [3.63, 3.8) is 0 Å². The Balaban J connectivity index is 1.60. The van der Waals surface area contributed by atoms with E-state index in [9.17, 15) is 0 Å². The van der Waals surface area contributed by atoms with Crippen LogP contribution in [0, 0.1) is 5.82 Å². The highest BCUT2D eigenvalue weighted by Gasteiger charge is 2.35. The van der Waals surface area contributed by atoms with Crippen LogP contribution in [0.4, 0.5) is 10.2 Å². The lowest BCUT2D eigenvalue weighted by Gasteiger charge is -2.39. The molecule has 4 heterocycles. The Kier molecular flexibility index (Phi) is 4.62. The average molecular weight is 450 g/mol. The normalized spacial score (nSPS) is 20.2. The van der Waals surface area contributed by atoms with E-state index < -0.39 is 5.82 Å². The van der Waals surface area contributed by atoms with Gasteiger partial charge in [0.25, 0.3) is 0 Å². The van der Waals surface area contributed by atoms with E-state index in [-0.39, 0.29) is 17.3 Å². The minimum absolute atomic E-state index is 0.0867. The van der Waals surface area contributed by atoms with Crippen molar-refractivity contribution in [2.24, 2.45) is 0 Å². The van der Waals surface area contributed by atoms with Crippen molar-refractivity contribution in [1.29, 1.82) is 0 Å².